The first-order valence-corrected chi connectivity index (χ1v) is 5.53. The number of pyridine rings is 1. The van der Waals surface area contributed by atoms with Crippen molar-refractivity contribution in [3.63, 3.8) is 0 Å². The molecule has 3 nitrogen and oxygen atoms in total. The molecule has 0 unspecified atom stereocenters. The Morgan fingerprint density at radius 1 is 1.31 bits per heavy atom. The number of nitrogens with zero attached hydrogens (tertiary/aromatic N) is 2. The molecule has 2 N–H and O–H groups in total. The maximum absolute atomic E-state index is 5.93. The molecule has 0 atom stereocenters. The molecule has 0 saturated carbocycles. The van der Waals surface area contributed by atoms with Gasteiger partial charge in [0.05, 0.1) is 5.52 Å². The topological polar surface area (TPSA) is 42.1 Å². The molecule has 16 heavy (non-hydrogen) atoms. The van der Waals surface area contributed by atoms with Crippen molar-refractivity contribution in [1.82, 2.24) is 9.88 Å². The summed E-state index contributed by atoms with van der Waals surface area (Å²) in [6.07, 6.45) is 1.82. The van der Waals surface area contributed by atoms with Gasteiger partial charge in [-0.1, -0.05) is 13.0 Å². The second-order valence-corrected chi connectivity index (χ2v) is 4.04. The average Bonchev–Trinajstić information content (AvgIpc) is 2.33. The summed E-state index contributed by atoms with van der Waals surface area (Å²) in [7, 11) is 2.10. The Balaban J connectivity index is 2.50. The molecule has 1 aromatic heterocycles. The fourth-order valence-electron chi connectivity index (χ4n) is 1.78. The summed E-state index contributed by atoms with van der Waals surface area (Å²) in [6.45, 7) is 4.08. The van der Waals surface area contributed by atoms with Gasteiger partial charge in [-0.3, -0.25) is 4.98 Å². The summed E-state index contributed by atoms with van der Waals surface area (Å²) in [5.41, 5.74) is 8.98. The number of nitrogens with two attached hydrogens (primary N) is 1. The van der Waals surface area contributed by atoms with Gasteiger partial charge in [0.2, 0.25) is 0 Å². The van der Waals surface area contributed by atoms with Gasteiger partial charge in [0.25, 0.3) is 0 Å². The third-order valence-corrected chi connectivity index (χ3v) is 2.87. The third kappa shape index (κ3) is 1.99. The second kappa shape index (κ2) is 4.49. The minimum Gasteiger partial charge on any atom is -0.398 e. The summed E-state index contributed by atoms with van der Waals surface area (Å²) < 4.78 is 0. The van der Waals surface area contributed by atoms with Crippen LogP contribution in [0.5, 0.6) is 0 Å². The maximum atomic E-state index is 5.93. The molecular weight excluding hydrogens is 198 g/mol. The lowest BCUT2D eigenvalue weighted by Crippen LogP contribution is -2.17. The van der Waals surface area contributed by atoms with E-state index in [1.807, 2.05) is 24.4 Å². The van der Waals surface area contributed by atoms with Gasteiger partial charge in [-0.05, 0) is 37.4 Å². The molecule has 0 aliphatic rings. The van der Waals surface area contributed by atoms with Crippen molar-refractivity contribution < 1.29 is 0 Å². The molecule has 0 amide bonds. The van der Waals surface area contributed by atoms with E-state index in [0.29, 0.717) is 0 Å². The Hall–Kier alpha value is -1.61. The van der Waals surface area contributed by atoms with Gasteiger partial charge >= 0.3 is 0 Å². The number of aromatic nitrogens is 1. The Labute approximate surface area is 95.9 Å². The van der Waals surface area contributed by atoms with Crippen LogP contribution in [0.4, 0.5) is 5.69 Å². The highest BCUT2D eigenvalue weighted by atomic mass is 15.1. The summed E-state index contributed by atoms with van der Waals surface area (Å²) in [4.78, 5) is 6.67. The predicted molar refractivity (Wildman–Crippen MR) is 68.2 cm³/mol. The van der Waals surface area contributed by atoms with Crippen molar-refractivity contribution in [1.29, 1.82) is 0 Å². The normalized spacial score (nSPS) is 11.2. The van der Waals surface area contributed by atoms with E-state index in [1.54, 1.807) is 0 Å². The molecule has 1 heterocycles. The fourth-order valence-corrected chi connectivity index (χ4v) is 1.78. The van der Waals surface area contributed by atoms with E-state index in [-0.39, 0.29) is 0 Å². The van der Waals surface area contributed by atoms with Crippen LogP contribution in [0.2, 0.25) is 0 Å². The van der Waals surface area contributed by atoms with Crippen LogP contribution in [0.15, 0.2) is 30.5 Å². The van der Waals surface area contributed by atoms with Crippen LogP contribution in [0, 0.1) is 0 Å². The van der Waals surface area contributed by atoms with Gasteiger partial charge in [0, 0.05) is 23.8 Å². The van der Waals surface area contributed by atoms with Crippen LogP contribution in [0.25, 0.3) is 10.9 Å². The Kier molecular flexibility index (Phi) is 3.06. The average molecular weight is 215 g/mol. The third-order valence-electron chi connectivity index (χ3n) is 2.87. The molecule has 0 radical (unpaired) electrons. The van der Waals surface area contributed by atoms with Crippen LogP contribution in [0.1, 0.15) is 12.5 Å². The van der Waals surface area contributed by atoms with Gasteiger partial charge in [0.1, 0.15) is 0 Å². The molecule has 2 aromatic rings. The van der Waals surface area contributed by atoms with E-state index in [2.05, 4.69) is 29.9 Å². The van der Waals surface area contributed by atoms with Crippen molar-refractivity contribution in [2.45, 2.75) is 13.5 Å². The second-order valence-electron chi connectivity index (χ2n) is 4.04. The maximum Gasteiger partial charge on any atom is 0.0767 e. The van der Waals surface area contributed by atoms with Crippen molar-refractivity contribution in [2.75, 3.05) is 19.3 Å². The molecule has 0 aliphatic carbocycles. The summed E-state index contributed by atoms with van der Waals surface area (Å²) in [5.74, 6) is 0. The zero-order chi connectivity index (χ0) is 11.5. The first-order valence-electron chi connectivity index (χ1n) is 5.53. The number of anilines is 1. The summed E-state index contributed by atoms with van der Waals surface area (Å²) in [6, 6.07) is 7.97. The van der Waals surface area contributed by atoms with Crippen molar-refractivity contribution >= 4 is 16.6 Å². The highest BCUT2D eigenvalue weighted by Crippen LogP contribution is 2.23. The van der Waals surface area contributed by atoms with E-state index in [0.717, 1.165) is 29.7 Å². The van der Waals surface area contributed by atoms with Crippen LogP contribution >= 0.6 is 0 Å². The van der Waals surface area contributed by atoms with Crippen molar-refractivity contribution in [2.24, 2.45) is 0 Å². The van der Waals surface area contributed by atoms with Crippen LogP contribution < -0.4 is 5.73 Å². The number of rotatable bonds is 3. The zero-order valence-corrected chi connectivity index (χ0v) is 9.77. The largest absolute Gasteiger partial charge is 0.398 e. The van der Waals surface area contributed by atoms with E-state index in [9.17, 15) is 0 Å². The summed E-state index contributed by atoms with van der Waals surface area (Å²) in [5, 5.41) is 1.05. The van der Waals surface area contributed by atoms with E-state index < -0.39 is 0 Å². The Bertz CT molecular complexity index is 494. The molecule has 0 fully saturated rings. The Morgan fingerprint density at radius 2 is 2.12 bits per heavy atom. The zero-order valence-electron chi connectivity index (χ0n) is 9.77. The highest BCUT2D eigenvalue weighted by Gasteiger charge is 2.06. The van der Waals surface area contributed by atoms with Gasteiger partial charge in [0.15, 0.2) is 0 Å². The fraction of sp³-hybridized carbons (Fsp3) is 0.308. The smallest absolute Gasteiger partial charge is 0.0767 e. The monoisotopic (exact) mass is 215 g/mol. The molecule has 0 aliphatic heterocycles. The van der Waals surface area contributed by atoms with Crippen molar-refractivity contribution in [3.8, 4) is 0 Å². The first-order chi connectivity index (χ1) is 7.72. The minimum absolute atomic E-state index is 0.797. The number of hydrogen-bond acceptors (Lipinski definition) is 3. The molecule has 3 heteroatoms. The molecule has 2 rings (SSSR count). The first kappa shape index (κ1) is 10.9. The lowest BCUT2D eigenvalue weighted by atomic mass is 10.1. The van der Waals surface area contributed by atoms with Gasteiger partial charge in [-0.15, -0.1) is 0 Å². The quantitative estimate of drug-likeness (QED) is 0.799. The van der Waals surface area contributed by atoms with E-state index in [4.69, 9.17) is 5.73 Å². The van der Waals surface area contributed by atoms with Gasteiger partial charge in [-0.25, -0.2) is 0 Å². The van der Waals surface area contributed by atoms with Gasteiger partial charge in [-0.2, -0.15) is 0 Å². The molecule has 84 valence electrons. The van der Waals surface area contributed by atoms with E-state index >= 15 is 0 Å². The predicted octanol–water partition coefficient (Wildman–Crippen LogP) is 2.27. The lowest BCUT2D eigenvalue weighted by Gasteiger charge is -2.15. The molecule has 0 spiro atoms. The number of nitrogen functional groups attached to an aromatic ring is 1. The minimum atomic E-state index is 0.797. The van der Waals surface area contributed by atoms with E-state index in [1.165, 1.54) is 5.56 Å². The highest BCUT2D eigenvalue weighted by molar-refractivity contribution is 5.92. The molecular formula is C13H17N3. The van der Waals surface area contributed by atoms with Crippen LogP contribution in [0.3, 0.4) is 0 Å². The standard InChI is InChI=1S/C13H17N3/c1-3-16(2)9-10-6-7-12(14)11-5-4-8-15-13(10)11/h4-8H,3,9,14H2,1-2H3. The lowest BCUT2D eigenvalue weighted by molar-refractivity contribution is 0.347. The van der Waals surface area contributed by atoms with Crippen molar-refractivity contribution in [3.05, 3.63) is 36.0 Å². The Morgan fingerprint density at radius 3 is 2.88 bits per heavy atom. The number of benzene rings is 1. The van der Waals surface area contributed by atoms with Crippen LogP contribution in [-0.2, 0) is 6.54 Å². The molecule has 0 bridgehead atoms. The molecule has 0 saturated heterocycles. The number of hydrogen-bond donors (Lipinski definition) is 1. The van der Waals surface area contributed by atoms with Gasteiger partial charge < -0.3 is 10.6 Å². The number of fused-ring (bicyclic) bond motifs is 1. The summed E-state index contributed by atoms with van der Waals surface area (Å²) >= 11 is 0. The SMILES string of the molecule is CCN(C)Cc1ccc(N)c2cccnc12. The molecule has 1 aromatic carbocycles. The van der Waals surface area contributed by atoms with Crippen LogP contribution in [-0.4, -0.2) is 23.5 Å².